The third kappa shape index (κ3) is 1.85. The Balaban J connectivity index is 1.72. The van der Waals surface area contributed by atoms with E-state index < -0.39 is 0 Å². The van der Waals surface area contributed by atoms with E-state index in [0.29, 0.717) is 12.3 Å². The third-order valence-corrected chi connectivity index (χ3v) is 4.74. The van der Waals surface area contributed by atoms with E-state index in [0.717, 1.165) is 13.0 Å². The highest BCUT2D eigenvalue weighted by Gasteiger charge is 2.55. The van der Waals surface area contributed by atoms with Crippen LogP contribution in [0.15, 0.2) is 0 Å². The molecule has 6 nitrogen and oxygen atoms in total. The second-order valence-corrected chi connectivity index (χ2v) is 6.31. The number of fused-ring (bicyclic) bond motifs is 1. The highest BCUT2D eigenvalue weighted by atomic mass is 16.2. The number of rotatable bonds is 3. The van der Waals surface area contributed by atoms with Gasteiger partial charge in [0.2, 0.25) is 11.8 Å². The fourth-order valence-electron chi connectivity index (χ4n) is 3.58. The molecule has 3 aliphatic rings. The third-order valence-electron chi connectivity index (χ3n) is 4.74. The molecule has 0 radical (unpaired) electrons. The minimum absolute atomic E-state index is 0.0437. The maximum absolute atomic E-state index is 12.1. The quantitative estimate of drug-likeness (QED) is 0.574. The van der Waals surface area contributed by atoms with Crippen molar-refractivity contribution in [1.82, 2.24) is 15.0 Å². The summed E-state index contributed by atoms with van der Waals surface area (Å²) in [5.41, 5.74) is 0. The molecule has 0 spiro atoms. The summed E-state index contributed by atoms with van der Waals surface area (Å²) in [5, 5.41) is 3.18. The summed E-state index contributed by atoms with van der Waals surface area (Å²) in [6.07, 6.45) is 1.41. The van der Waals surface area contributed by atoms with Gasteiger partial charge in [-0.3, -0.25) is 20.4 Å². The number of nitrogens with two attached hydrogens (primary N) is 1. The molecular weight excluding hydrogens is 244 g/mol. The van der Waals surface area contributed by atoms with E-state index in [2.05, 4.69) is 0 Å². The molecular formula is C13H22N4O2. The van der Waals surface area contributed by atoms with Crippen molar-refractivity contribution in [2.24, 2.45) is 17.7 Å². The van der Waals surface area contributed by atoms with Crippen molar-refractivity contribution in [3.05, 3.63) is 0 Å². The molecule has 106 valence electrons. The lowest BCUT2D eigenvalue weighted by atomic mass is 10.1. The highest BCUT2D eigenvalue weighted by molar-refractivity contribution is 5.84. The van der Waals surface area contributed by atoms with Gasteiger partial charge in [0.25, 0.3) is 0 Å². The highest BCUT2D eigenvalue weighted by Crippen LogP contribution is 2.46. The molecule has 19 heavy (non-hydrogen) atoms. The topological polar surface area (TPSA) is 69.9 Å². The zero-order valence-electron chi connectivity index (χ0n) is 11.7. The first-order chi connectivity index (χ1) is 8.91. The van der Waals surface area contributed by atoms with Gasteiger partial charge in [-0.15, -0.1) is 0 Å². The van der Waals surface area contributed by atoms with Gasteiger partial charge in [0.1, 0.15) is 0 Å². The number of nitrogens with zero attached hydrogens (tertiary/aromatic N) is 3. The molecule has 2 amide bonds. The first-order valence-electron chi connectivity index (χ1n) is 7.08. The van der Waals surface area contributed by atoms with Crippen LogP contribution in [0.25, 0.3) is 0 Å². The lowest BCUT2D eigenvalue weighted by molar-refractivity contribution is -0.152. The number of carbonyl (C=O) groups is 2. The van der Waals surface area contributed by atoms with E-state index in [1.807, 2.05) is 25.7 Å². The average molecular weight is 266 g/mol. The van der Waals surface area contributed by atoms with E-state index >= 15 is 0 Å². The number of hydrazine groups is 2. The Bertz CT molecular complexity index is 425. The molecule has 1 aliphatic carbocycles. The smallest absolute Gasteiger partial charge is 0.241 e. The van der Waals surface area contributed by atoms with E-state index in [9.17, 15) is 9.59 Å². The summed E-state index contributed by atoms with van der Waals surface area (Å²) in [7, 11) is 0. The molecule has 3 rings (SSSR count). The van der Waals surface area contributed by atoms with Crippen LogP contribution in [-0.4, -0.2) is 51.5 Å². The van der Waals surface area contributed by atoms with Crippen LogP contribution in [0.4, 0.5) is 0 Å². The van der Waals surface area contributed by atoms with Crippen LogP contribution in [0.5, 0.6) is 0 Å². The molecule has 1 saturated carbocycles. The Kier molecular flexibility index (Phi) is 2.83. The fraction of sp³-hybridized carbons (Fsp3) is 0.846. The maximum atomic E-state index is 12.1. The molecule has 2 heterocycles. The number of amides is 2. The molecule has 3 fully saturated rings. The number of likely N-dealkylation sites (tertiary alicyclic amines) is 1. The Morgan fingerprint density at radius 1 is 1.37 bits per heavy atom. The van der Waals surface area contributed by atoms with Crippen molar-refractivity contribution < 1.29 is 9.59 Å². The fourth-order valence-corrected chi connectivity index (χ4v) is 3.58. The first kappa shape index (κ1) is 12.9. The number of carbonyl (C=O) groups excluding carboxylic acids is 2. The molecule has 4 atom stereocenters. The summed E-state index contributed by atoms with van der Waals surface area (Å²) in [6.45, 7) is 6.75. The average Bonchev–Trinajstić information content (AvgIpc) is 2.95. The lowest BCUT2D eigenvalue weighted by Crippen LogP contribution is -2.58. The van der Waals surface area contributed by atoms with Crippen LogP contribution in [0, 0.1) is 11.8 Å². The zero-order chi connectivity index (χ0) is 13.9. The number of piperidine rings is 1. The van der Waals surface area contributed by atoms with E-state index in [1.54, 1.807) is 5.01 Å². The van der Waals surface area contributed by atoms with Gasteiger partial charge in [0, 0.05) is 31.0 Å². The van der Waals surface area contributed by atoms with Gasteiger partial charge in [0.15, 0.2) is 0 Å². The minimum Gasteiger partial charge on any atom is -0.336 e. The number of hydrogen-bond donors (Lipinski definition) is 1. The van der Waals surface area contributed by atoms with Gasteiger partial charge in [-0.1, -0.05) is 0 Å². The van der Waals surface area contributed by atoms with Crippen LogP contribution >= 0.6 is 0 Å². The molecule has 0 aromatic carbocycles. The monoisotopic (exact) mass is 266 g/mol. The Hall–Kier alpha value is -1.14. The normalized spacial score (nSPS) is 37.8. The van der Waals surface area contributed by atoms with Gasteiger partial charge < -0.3 is 4.90 Å². The van der Waals surface area contributed by atoms with Crippen LogP contribution < -0.4 is 5.84 Å². The second-order valence-electron chi connectivity index (χ2n) is 6.31. The first-order valence-corrected chi connectivity index (χ1v) is 7.08. The van der Waals surface area contributed by atoms with Crippen molar-refractivity contribution in [3.8, 4) is 0 Å². The second kappa shape index (κ2) is 4.18. The Labute approximate surface area is 113 Å². The Morgan fingerprint density at radius 2 is 2.05 bits per heavy atom. The molecule has 6 heteroatoms. The predicted molar refractivity (Wildman–Crippen MR) is 69.2 cm³/mol. The largest absolute Gasteiger partial charge is 0.336 e. The molecule has 2 aliphatic heterocycles. The van der Waals surface area contributed by atoms with Crippen molar-refractivity contribution >= 4 is 11.8 Å². The van der Waals surface area contributed by atoms with E-state index in [4.69, 9.17) is 5.84 Å². The Morgan fingerprint density at radius 3 is 2.53 bits per heavy atom. The van der Waals surface area contributed by atoms with Crippen molar-refractivity contribution in [3.63, 3.8) is 0 Å². The van der Waals surface area contributed by atoms with Gasteiger partial charge in [-0.05, 0) is 33.1 Å². The van der Waals surface area contributed by atoms with Crippen LogP contribution in [0.2, 0.25) is 0 Å². The van der Waals surface area contributed by atoms with Crippen molar-refractivity contribution in [2.75, 3.05) is 6.54 Å². The molecule has 2 saturated heterocycles. The zero-order valence-corrected chi connectivity index (χ0v) is 11.7. The van der Waals surface area contributed by atoms with E-state index in [1.165, 1.54) is 5.12 Å². The molecule has 0 bridgehead atoms. The SMILES string of the molecule is CC(C)N1C(=O)CC(N(N)N2CC3CC3C2=O)[C@@H]1C. The van der Waals surface area contributed by atoms with Crippen LogP contribution in [0.3, 0.4) is 0 Å². The van der Waals surface area contributed by atoms with Crippen LogP contribution in [0.1, 0.15) is 33.6 Å². The minimum atomic E-state index is -0.101. The standard InChI is InChI=1S/C13H22N4O2/c1-7(2)16-8(3)11(5-12(16)18)17(14)15-6-9-4-10(9)13(15)19/h7-11H,4-6,14H2,1-3H3/t8-,9?,10?,11?/m0/s1. The summed E-state index contributed by atoms with van der Waals surface area (Å²) in [4.78, 5) is 26.0. The molecule has 0 aromatic heterocycles. The summed E-state index contributed by atoms with van der Waals surface area (Å²) in [5.74, 6) is 7.08. The van der Waals surface area contributed by atoms with Gasteiger partial charge >= 0.3 is 0 Å². The molecule has 3 unspecified atom stereocenters. The molecule has 0 aromatic rings. The van der Waals surface area contributed by atoms with Crippen molar-refractivity contribution in [1.29, 1.82) is 0 Å². The summed E-state index contributed by atoms with van der Waals surface area (Å²) >= 11 is 0. The van der Waals surface area contributed by atoms with Gasteiger partial charge in [0.05, 0.1) is 6.04 Å². The molecule has 2 N–H and O–H groups in total. The van der Waals surface area contributed by atoms with Gasteiger partial charge in [-0.2, -0.15) is 5.12 Å². The van der Waals surface area contributed by atoms with Gasteiger partial charge in [-0.25, -0.2) is 0 Å². The number of hydrogen-bond acceptors (Lipinski definition) is 4. The maximum Gasteiger partial charge on any atom is 0.241 e. The summed E-state index contributed by atoms with van der Waals surface area (Å²) in [6, 6.07) is 0.113. The summed E-state index contributed by atoms with van der Waals surface area (Å²) < 4.78 is 0. The van der Waals surface area contributed by atoms with Crippen LogP contribution in [-0.2, 0) is 9.59 Å². The van der Waals surface area contributed by atoms with Crippen molar-refractivity contribution in [2.45, 2.75) is 51.7 Å². The predicted octanol–water partition coefficient (Wildman–Crippen LogP) is -0.0468. The lowest BCUT2D eigenvalue weighted by Gasteiger charge is -2.36. The van der Waals surface area contributed by atoms with E-state index in [-0.39, 0.29) is 35.9 Å².